The number of nitrogens with one attached hydrogen (secondary N) is 1. The van der Waals surface area contributed by atoms with Gasteiger partial charge in [-0.15, -0.1) is 0 Å². The van der Waals surface area contributed by atoms with E-state index in [4.69, 9.17) is 5.26 Å². The maximum atomic E-state index is 8.81. The first kappa shape index (κ1) is 11.2. The summed E-state index contributed by atoms with van der Waals surface area (Å²) >= 11 is 0. The highest BCUT2D eigenvalue weighted by Gasteiger charge is 1.99. The molecule has 84 valence electrons. The van der Waals surface area contributed by atoms with Gasteiger partial charge in [0.25, 0.3) is 0 Å². The van der Waals surface area contributed by atoms with Gasteiger partial charge in [0.05, 0.1) is 11.6 Å². The monoisotopic (exact) mass is 223 g/mol. The molecule has 1 heterocycles. The first-order valence-electron chi connectivity index (χ1n) is 5.44. The molecule has 0 saturated heterocycles. The third-order valence-corrected chi connectivity index (χ3v) is 2.53. The smallest absolute Gasteiger partial charge is 0.129 e. The molecule has 0 unspecified atom stereocenters. The van der Waals surface area contributed by atoms with Crippen LogP contribution in [0.25, 0.3) is 0 Å². The summed E-state index contributed by atoms with van der Waals surface area (Å²) in [7, 11) is 0. The maximum Gasteiger partial charge on any atom is 0.129 e. The minimum absolute atomic E-state index is 0.674. The summed E-state index contributed by atoms with van der Waals surface area (Å²) in [6.45, 7) is 2.69. The molecule has 0 aliphatic heterocycles. The number of aromatic nitrogens is 1. The number of anilines is 1. The number of aryl methyl sites for hydroxylation is 1. The van der Waals surface area contributed by atoms with Gasteiger partial charge in [-0.1, -0.05) is 18.2 Å². The molecule has 17 heavy (non-hydrogen) atoms. The standard InChI is InChI=1S/C14H13N3/c1-11-4-3-7-16-14(11)17-10-13-6-2-5-12(8-13)9-15/h2-8H,10H2,1H3,(H,16,17). The van der Waals surface area contributed by atoms with Crippen molar-refractivity contribution in [3.05, 3.63) is 59.3 Å². The Labute approximate surface area is 101 Å². The van der Waals surface area contributed by atoms with Gasteiger partial charge < -0.3 is 5.32 Å². The van der Waals surface area contributed by atoms with Crippen LogP contribution >= 0.6 is 0 Å². The summed E-state index contributed by atoms with van der Waals surface area (Å²) in [6.07, 6.45) is 1.76. The molecule has 0 amide bonds. The highest BCUT2D eigenvalue weighted by molar-refractivity contribution is 5.43. The molecule has 3 nitrogen and oxygen atoms in total. The van der Waals surface area contributed by atoms with Crippen molar-refractivity contribution in [2.75, 3.05) is 5.32 Å². The number of hydrogen-bond donors (Lipinski definition) is 1. The fourth-order valence-corrected chi connectivity index (χ4v) is 1.61. The van der Waals surface area contributed by atoms with Crippen molar-refractivity contribution >= 4 is 5.82 Å². The van der Waals surface area contributed by atoms with Crippen LogP contribution in [-0.2, 0) is 6.54 Å². The molecule has 0 spiro atoms. The van der Waals surface area contributed by atoms with Gasteiger partial charge in [0, 0.05) is 12.7 Å². The summed E-state index contributed by atoms with van der Waals surface area (Å²) in [5, 5.41) is 12.1. The zero-order valence-corrected chi connectivity index (χ0v) is 9.64. The predicted molar refractivity (Wildman–Crippen MR) is 67.5 cm³/mol. The Kier molecular flexibility index (Phi) is 3.37. The Bertz CT molecular complexity index is 555. The Hall–Kier alpha value is -2.34. The van der Waals surface area contributed by atoms with E-state index in [2.05, 4.69) is 16.4 Å². The molecule has 1 aromatic heterocycles. The van der Waals surface area contributed by atoms with Crippen molar-refractivity contribution in [1.82, 2.24) is 4.98 Å². The molecule has 0 aliphatic rings. The first-order chi connectivity index (χ1) is 8.29. The van der Waals surface area contributed by atoms with E-state index in [1.807, 2.05) is 37.3 Å². The van der Waals surface area contributed by atoms with E-state index < -0.39 is 0 Å². The van der Waals surface area contributed by atoms with Crippen molar-refractivity contribution in [1.29, 1.82) is 5.26 Å². The second-order valence-electron chi connectivity index (χ2n) is 3.83. The zero-order valence-electron chi connectivity index (χ0n) is 9.64. The molecule has 3 heteroatoms. The average molecular weight is 223 g/mol. The Morgan fingerprint density at radius 3 is 2.94 bits per heavy atom. The van der Waals surface area contributed by atoms with Crippen molar-refractivity contribution in [2.24, 2.45) is 0 Å². The summed E-state index contributed by atoms with van der Waals surface area (Å²) in [5.74, 6) is 0.884. The highest BCUT2D eigenvalue weighted by Crippen LogP contribution is 2.11. The number of nitrogens with zero attached hydrogens (tertiary/aromatic N) is 2. The largest absolute Gasteiger partial charge is 0.366 e. The molecule has 0 fully saturated rings. The Morgan fingerprint density at radius 1 is 1.29 bits per heavy atom. The van der Waals surface area contributed by atoms with Gasteiger partial charge in [0.15, 0.2) is 0 Å². The van der Waals surface area contributed by atoms with Crippen LogP contribution in [0, 0.1) is 18.3 Å². The van der Waals surface area contributed by atoms with Gasteiger partial charge in [-0.05, 0) is 36.2 Å². The normalized spacial score (nSPS) is 9.65. The van der Waals surface area contributed by atoms with Gasteiger partial charge in [0.2, 0.25) is 0 Å². The number of rotatable bonds is 3. The van der Waals surface area contributed by atoms with Crippen LogP contribution in [0.2, 0.25) is 0 Å². The molecule has 2 aromatic rings. The van der Waals surface area contributed by atoms with E-state index in [0.29, 0.717) is 12.1 Å². The first-order valence-corrected chi connectivity index (χ1v) is 5.44. The third kappa shape index (κ3) is 2.82. The quantitative estimate of drug-likeness (QED) is 0.870. The number of pyridine rings is 1. The minimum Gasteiger partial charge on any atom is -0.366 e. The molecule has 2 rings (SSSR count). The van der Waals surface area contributed by atoms with E-state index in [9.17, 15) is 0 Å². The van der Waals surface area contributed by atoms with Crippen LogP contribution in [0.15, 0.2) is 42.6 Å². The van der Waals surface area contributed by atoms with Crippen LogP contribution in [0.5, 0.6) is 0 Å². The summed E-state index contributed by atoms with van der Waals surface area (Å²) < 4.78 is 0. The fourth-order valence-electron chi connectivity index (χ4n) is 1.61. The maximum absolute atomic E-state index is 8.81. The van der Waals surface area contributed by atoms with Crippen molar-refractivity contribution in [3.63, 3.8) is 0 Å². The topological polar surface area (TPSA) is 48.7 Å². The van der Waals surface area contributed by atoms with Gasteiger partial charge in [-0.2, -0.15) is 5.26 Å². The molecule has 1 N–H and O–H groups in total. The zero-order chi connectivity index (χ0) is 12.1. The second kappa shape index (κ2) is 5.13. The van der Waals surface area contributed by atoms with E-state index in [0.717, 1.165) is 16.9 Å². The van der Waals surface area contributed by atoms with Gasteiger partial charge >= 0.3 is 0 Å². The van der Waals surface area contributed by atoms with Crippen LogP contribution in [0.1, 0.15) is 16.7 Å². The molecular weight excluding hydrogens is 210 g/mol. The van der Waals surface area contributed by atoms with E-state index in [-0.39, 0.29) is 0 Å². The van der Waals surface area contributed by atoms with Crippen molar-refractivity contribution in [3.8, 4) is 6.07 Å². The second-order valence-corrected chi connectivity index (χ2v) is 3.83. The number of hydrogen-bond acceptors (Lipinski definition) is 3. The molecule has 0 saturated carbocycles. The fraction of sp³-hybridized carbons (Fsp3) is 0.143. The lowest BCUT2D eigenvalue weighted by Gasteiger charge is -2.08. The lowest BCUT2D eigenvalue weighted by atomic mass is 10.1. The van der Waals surface area contributed by atoms with Crippen LogP contribution in [0.3, 0.4) is 0 Å². The molecule has 0 aliphatic carbocycles. The van der Waals surface area contributed by atoms with E-state index >= 15 is 0 Å². The third-order valence-electron chi connectivity index (χ3n) is 2.53. The van der Waals surface area contributed by atoms with Gasteiger partial charge in [-0.25, -0.2) is 4.98 Å². The number of benzene rings is 1. The van der Waals surface area contributed by atoms with Crippen molar-refractivity contribution < 1.29 is 0 Å². The van der Waals surface area contributed by atoms with Crippen molar-refractivity contribution in [2.45, 2.75) is 13.5 Å². The summed E-state index contributed by atoms with van der Waals surface area (Å²) in [6, 6.07) is 13.6. The van der Waals surface area contributed by atoms with Crippen LogP contribution in [0.4, 0.5) is 5.82 Å². The highest BCUT2D eigenvalue weighted by atomic mass is 15.0. The predicted octanol–water partition coefficient (Wildman–Crippen LogP) is 2.87. The molecule has 0 atom stereocenters. The van der Waals surface area contributed by atoms with E-state index in [1.165, 1.54) is 0 Å². The van der Waals surface area contributed by atoms with E-state index in [1.54, 1.807) is 12.3 Å². The van der Waals surface area contributed by atoms with Gasteiger partial charge in [-0.3, -0.25) is 0 Å². The van der Waals surface area contributed by atoms with Crippen LogP contribution in [-0.4, -0.2) is 4.98 Å². The SMILES string of the molecule is Cc1cccnc1NCc1cccc(C#N)c1. The van der Waals surface area contributed by atoms with Gasteiger partial charge in [0.1, 0.15) is 5.82 Å². The Morgan fingerprint density at radius 2 is 2.18 bits per heavy atom. The number of nitriles is 1. The Balaban J connectivity index is 2.08. The summed E-state index contributed by atoms with van der Waals surface area (Å²) in [5.41, 5.74) is 2.88. The molecule has 1 aromatic carbocycles. The lowest BCUT2D eigenvalue weighted by molar-refractivity contribution is 1.09. The molecule has 0 bridgehead atoms. The summed E-state index contributed by atoms with van der Waals surface area (Å²) in [4.78, 5) is 4.26. The van der Waals surface area contributed by atoms with Crippen LogP contribution < -0.4 is 5.32 Å². The minimum atomic E-state index is 0.674. The molecule has 0 radical (unpaired) electrons. The lowest BCUT2D eigenvalue weighted by Crippen LogP contribution is -2.02. The average Bonchev–Trinajstić information content (AvgIpc) is 2.38. The molecular formula is C14H13N3.